The summed E-state index contributed by atoms with van der Waals surface area (Å²) in [6, 6.07) is 18.6. The van der Waals surface area contributed by atoms with Crippen LogP contribution in [0.3, 0.4) is 0 Å². The molecule has 0 unspecified atom stereocenters. The second-order valence-electron chi connectivity index (χ2n) is 5.31. The van der Waals surface area contributed by atoms with E-state index < -0.39 is 9.84 Å². The van der Waals surface area contributed by atoms with Crippen LogP contribution in [0.4, 0.5) is 5.69 Å². The van der Waals surface area contributed by atoms with Crippen molar-refractivity contribution in [2.24, 2.45) is 0 Å². The molecular formula is C18H16N2O3S. The fourth-order valence-electron chi connectivity index (χ4n) is 2.34. The monoisotopic (exact) mass is 340 g/mol. The summed E-state index contributed by atoms with van der Waals surface area (Å²) in [5.41, 5.74) is 1.61. The fraction of sp³-hybridized carbons (Fsp3) is 0.0556. The first-order chi connectivity index (χ1) is 11.5. The van der Waals surface area contributed by atoms with Crippen molar-refractivity contribution in [2.45, 2.75) is 10.6 Å². The second kappa shape index (κ2) is 6.72. The Morgan fingerprint density at radius 1 is 0.958 bits per heavy atom. The third kappa shape index (κ3) is 3.72. The normalized spacial score (nSPS) is 11.2. The number of hydrogen-bond acceptors (Lipinski definition) is 3. The van der Waals surface area contributed by atoms with E-state index in [1.54, 1.807) is 72.9 Å². The Hall–Kier alpha value is -2.86. The predicted octanol–water partition coefficient (Wildman–Crippen LogP) is 3.24. The first-order valence-electron chi connectivity index (χ1n) is 7.36. The van der Waals surface area contributed by atoms with Gasteiger partial charge >= 0.3 is 0 Å². The van der Waals surface area contributed by atoms with Crippen molar-refractivity contribution in [1.29, 1.82) is 0 Å². The molecule has 5 nitrogen and oxygen atoms in total. The largest absolute Gasteiger partial charge is 0.357 e. The van der Waals surface area contributed by atoms with Crippen molar-refractivity contribution in [3.8, 4) is 0 Å². The summed E-state index contributed by atoms with van der Waals surface area (Å²) in [5.74, 6) is -0.397. The summed E-state index contributed by atoms with van der Waals surface area (Å²) >= 11 is 0. The van der Waals surface area contributed by atoms with E-state index in [0.29, 0.717) is 16.9 Å². The SMILES string of the molecule is O=C(Nc1cccc(CS(=O)(=O)c2ccccc2)c1)c1ccc[nH]1. The van der Waals surface area contributed by atoms with Gasteiger partial charge in [0.2, 0.25) is 0 Å². The molecule has 0 aliphatic carbocycles. The van der Waals surface area contributed by atoms with Crippen LogP contribution in [0.5, 0.6) is 0 Å². The van der Waals surface area contributed by atoms with Gasteiger partial charge in [-0.1, -0.05) is 30.3 Å². The lowest BCUT2D eigenvalue weighted by molar-refractivity contribution is 0.102. The maximum atomic E-state index is 12.4. The summed E-state index contributed by atoms with van der Waals surface area (Å²) in [4.78, 5) is 15.1. The molecule has 0 spiro atoms. The topological polar surface area (TPSA) is 79.0 Å². The number of H-pyrrole nitrogens is 1. The zero-order chi connectivity index (χ0) is 17.0. The Labute approximate surface area is 140 Å². The molecule has 0 saturated heterocycles. The van der Waals surface area contributed by atoms with E-state index in [-0.39, 0.29) is 16.6 Å². The van der Waals surface area contributed by atoms with Crippen molar-refractivity contribution >= 4 is 21.4 Å². The summed E-state index contributed by atoms with van der Waals surface area (Å²) in [6.07, 6.45) is 1.66. The van der Waals surface area contributed by atoms with Crippen LogP contribution in [0.15, 0.2) is 77.8 Å². The zero-order valence-corrected chi connectivity index (χ0v) is 13.6. The molecule has 2 aromatic carbocycles. The van der Waals surface area contributed by atoms with Crippen LogP contribution in [0.1, 0.15) is 16.1 Å². The highest BCUT2D eigenvalue weighted by atomic mass is 32.2. The number of aromatic nitrogens is 1. The quantitative estimate of drug-likeness (QED) is 0.748. The summed E-state index contributed by atoms with van der Waals surface area (Å²) in [6.45, 7) is 0. The molecule has 0 aliphatic heterocycles. The number of nitrogens with one attached hydrogen (secondary N) is 2. The van der Waals surface area contributed by atoms with Crippen LogP contribution < -0.4 is 5.32 Å². The molecule has 0 atom stereocenters. The number of carbonyl (C=O) groups is 1. The molecule has 1 aromatic heterocycles. The van der Waals surface area contributed by atoms with Crippen molar-refractivity contribution in [3.63, 3.8) is 0 Å². The summed E-state index contributed by atoms with van der Waals surface area (Å²) in [5, 5.41) is 2.75. The number of anilines is 1. The Morgan fingerprint density at radius 2 is 1.75 bits per heavy atom. The number of amides is 1. The van der Waals surface area contributed by atoms with Crippen LogP contribution in [-0.2, 0) is 15.6 Å². The smallest absolute Gasteiger partial charge is 0.272 e. The van der Waals surface area contributed by atoms with Gasteiger partial charge in [-0.05, 0) is 42.0 Å². The van der Waals surface area contributed by atoms with Gasteiger partial charge < -0.3 is 10.3 Å². The predicted molar refractivity (Wildman–Crippen MR) is 92.5 cm³/mol. The van der Waals surface area contributed by atoms with Gasteiger partial charge in [0.1, 0.15) is 5.69 Å². The molecule has 0 aliphatic rings. The second-order valence-corrected chi connectivity index (χ2v) is 7.30. The Kier molecular flexibility index (Phi) is 4.48. The van der Waals surface area contributed by atoms with Crippen LogP contribution in [0.25, 0.3) is 0 Å². The molecule has 3 rings (SSSR count). The molecule has 0 bridgehead atoms. The van der Waals surface area contributed by atoms with Crippen LogP contribution in [-0.4, -0.2) is 19.3 Å². The minimum Gasteiger partial charge on any atom is -0.357 e. The van der Waals surface area contributed by atoms with E-state index in [2.05, 4.69) is 10.3 Å². The molecule has 122 valence electrons. The average Bonchev–Trinajstić information content (AvgIpc) is 3.10. The van der Waals surface area contributed by atoms with Crippen LogP contribution in [0, 0.1) is 0 Å². The highest BCUT2D eigenvalue weighted by Crippen LogP contribution is 2.19. The van der Waals surface area contributed by atoms with E-state index in [1.807, 2.05) is 0 Å². The number of carbonyl (C=O) groups excluding carboxylic acids is 1. The Balaban J connectivity index is 1.77. The van der Waals surface area contributed by atoms with Gasteiger partial charge in [0.25, 0.3) is 5.91 Å². The molecule has 3 aromatic rings. The lowest BCUT2D eigenvalue weighted by atomic mass is 10.2. The lowest BCUT2D eigenvalue weighted by Gasteiger charge is -2.08. The molecule has 0 fully saturated rings. The highest BCUT2D eigenvalue weighted by Gasteiger charge is 2.15. The third-order valence-corrected chi connectivity index (χ3v) is 5.19. The van der Waals surface area contributed by atoms with E-state index in [1.165, 1.54) is 0 Å². The van der Waals surface area contributed by atoms with Crippen LogP contribution in [0.2, 0.25) is 0 Å². The molecule has 6 heteroatoms. The van der Waals surface area contributed by atoms with Gasteiger partial charge in [0, 0.05) is 11.9 Å². The van der Waals surface area contributed by atoms with Crippen molar-refractivity contribution in [3.05, 3.63) is 84.2 Å². The van der Waals surface area contributed by atoms with E-state index >= 15 is 0 Å². The van der Waals surface area contributed by atoms with Crippen molar-refractivity contribution in [1.82, 2.24) is 4.98 Å². The van der Waals surface area contributed by atoms with E-state index in [9.17, 15) is 13.2 Å². The molecule has 0 saturated carbocycles. The molecule has 1 heterocycles. The Bertz CT molecular complexity index is 933. The van der Waals surface area contributed by atoms with E-state index in [4.69, 9.17) is 0 Å². The minimum absolute atomic E-state index is 0.122. The Morgan fingerprint density at radius 3 is 2.46 bits per heavy atom. The van der Waals surface area contributed by atoms with Gasteiger partial charge in [-0.15, -0.1) is 0 Å². The summed E-state index contributed by atoms with van der Waals surface area (Å²) < 4.78 is 24.9. The number of aromatic amines is 1. The van der Waals surface area contributed by atoms with Gasteiger partial charge in [0.15, 0.2) is 9.84 Å². The molecule has 1 amide bonds. The molecular weight excluding hydrogens is 324 g/mol. The molecule has 24 heavy (non-hydrogen) atoms. The van der Waals surface area contributed by atoms with Crippen molar-refractivity contribution < 1.29 is 13.2 Å². The number of sulfone groups is 1. The van der Waals surface area contributed by atoms with Gasteiger partial charge in [-0.3, -0.25) is 4.79 Å². The zero-order valence-electron chi connectivity index (χ0n) is 12.8. The van der Waals surface area contributed by atoms with Gasteiger partial charge in [-0.25, -0.2) is 8.42 Å². The van der Waals surface area contributed by atoms with Gasteiger partial charge in [-0.2, -0.15) is 0 Å². The number of benzene rings is 2. The number of rotatable bonds is 5. The first-order valence-corrected chi connectivity index (χ1v) is 9.01. The fourth-order valence-corrected chi connectivity index (χ4v) is 3.70. The average molecular weight is 340 g/mol. The number of hydrogen-bond donors (Lipinski definition) is 2. The van der Waals surface area contributed by atoms with Gasteiger partial charge in [0.05, 0.1) is 10.6 Å². The minimum atomic E-state index is -3.42. The van der Waals surface area contributed by atoms with E-state index in [0.717, 1.165) is 0 Å². The molecule has 2 N–H and O–H groups in total. The highest BCUT2D eigenvalue weighted by molar-refractivity contribution is 7.90. The summed E-state index contributed by atoms with van der Waals surface area (Å²) in [7, 11) is -3.42. The molecule has 0 radical (unpaired) electrons. The van der Waals surface area contributed by atoms with Crippen LogP contribution >= 0.6 is 0 Å². The maximum absolute atomic E-state index is 12.4. The van der Waals surface area contributed by atoms with Crippen molar-refractivity contribution in [2.75, 3.05) is 5.32 Å². The lowest BCUT2D eigenvalue weighted by Crippen LogP contribution is -2.12. The maximum Gasteiger partial charge on any atom is 0.272 e. The first kappa shape index (κ1) is 16.0. The third-order valence-electron chi connectivity index (χ3n) is 3.49. The standard InChI is InChI=1S/C18H16N2O3S/c21-18(17-10-5-11-19-17)20-15-7-4-6-14(12-15)13-24(22,23)16-8-2-1-3-9-16/h1-12,19H,13H2,(H,20,21).